The molecule has 1 unspecified atom stereocenters. The Labute approximate surface area is 123 Å². The number of rotatable bonds is 2. The number of nitrogens with zero attached hydrogens (tertiary/aromatic N) is 1. The van der Waals surface area contributed by atoms with Gasteiger partial charge in [-0.05, 0) is 50.5 Å². The van der Waals surface area contributed by atoms with E-state index in [1.807, 2.05) is 0 Å². The van der Waals surface area contributed by atoms with E-state index in [9.17, 15) is 4.79 Å². The van der Waals surface area contributed by atoms with Gasteiger partial charge in [0.05, 0.1) is 6.04 Å². The molecule has 0 radical (unpaired) electrons. The molecule has 0 aromatic carbocycles. The van der Waals surface area contributed by atoms with E-state index in [1.54, 1.807) is 0 Å². The maximum Gasteiger partial charge on any atom is 0.239 e. The van der Waals surface area contributed by atoms with E-state index in [4.69, 9.17) is 0 Å². The Bertz CT molecular complexity index is 277. The highest BCUT2D eigenvalue weighted by Gasteiger charge is 2.28. The first-order chi connectivity index (χ1) is 8.68. The van der Waals surface area contributed by atoms with Crippen LogP contribution in [-0.4, -0.2) is 36.5 Å². The fraction of sp³-hybridized carbons (Fsp3) is 0.933. The minimum atomic E-state index is 0. The Morgan fingerprint density at radius 1 is 1.11 bits per heavy atom. The van der Waals surface area contributed by atoms with Crippen LogP contribution < -0.4 is 5.32 Å². The van der Waals surface area contributed by atoms with Crippen LogP contribution in [0.1, 0.15) is 52.4 Å². The molecular formula is C15H29ClN2O. The Morgan fingerprint density at radius 2 is 1.89 bits per heavy atom. The zero-order chi connectivity index (χ0) is 13.0. The van der Waals surface area contributed by atoms with Crippen LogP contribution in [0.5, 0.6) is 0 Å². The second-order valence-electron chi connectivity index (χ2n) is 6.26. The molecule has 2 aliphatic heterocycles. The molecule has 0 aliphatic carbocycles. The molecule has 0 saturated carbocycles. The number of halogens is 1. The van der Waals surface area contributed by atoms with Gasteiger partial charge >= 0.3 is 0 Å². The van der Waals surface area contributed by atoms with Gasteiger partial charge in [-0.3, -0.25) is 4.79 Å². The number of piperidine rings is 1. The van der Waals surface area contributed by atoms with Crippen molar-refractivity contribution in [3.05, 3.63) is 0 Å². The molecule has 2 saturated heterocycles. The molecule has 0 bridgehead atoms. The molecule has 0 spiro atoms. The summed E-state index contributed by atoms with van der Waals surface area (Å²) >= 11 is 0. The molecule has 2 rings (SSSR count). The summed E-state index contributed by atoms with van der Waals surface area (Å²) < 4.78 is 0. The highest BCUT2D eigenvalue weighted by atomic mass is 35.5. The lowest BCUT2D eigenvalue weighted by Crippen LogP contribution is -2.48. The zero-order valence-corrected chi connectivity index (χ0v) is 13.2. The first-order valence-corrected chi connectivity index (χ1v) is 7.70. The topological polar surface area (TPSA) is 32.3 Å². The van der Waals surface area contributed by atoms with Crippen LogP contribution in [0.4, 0.5) is 0 Å². The first kappa shape index (κ1) is 16.8. The SMILES string of the molecule is CC(C)C1CCCN(C(=O)[C@H]2CCCCN2)CC1.Cl. The summed E-state index contributed by atoms with van der Waals surface area (Å²) in [5.74, 6) is 1.93. The average molecular weight is 289 g/mol. The molecule has 2 aliphatic rings. The minimum Gasteiger partial charge on any atom is -0.341 e. The Kier molecular flexibility index (Phi) is 7.16. The molecule has 1 amide bonds. The van der Waals surface area contributed by atoms with Crippen LogP contribution in [0.3, 0.4) is 0 Å². The van der Waals surface area contributed by atoms with E-state index in [-0.39, 0.29) is 18.4 Å². The molecule has 0 aromatic heterocycles. The van der Waals surface area contributed by atoms with Gasteiger partial charge in [-0.1, -0.05) is 20.3 Å². The van der Waals surface area contributed by atoms with Crippen molar-refractivity contribution in [2.24, 2.45) is 11.8 Å². The van der Waals surface area contributed by atoms with Gasteiger partial charge < -0.3 is 10.2 Å². The Morgan fingerprint density at radius 3 is 2.53 bits per heavy atom. The number of hydrogen-bond donors (Lipinski definition) is 1. The first-order valence-electron chi connectivity index (χ1n) is 7.70. The summed E-state index contributed by atoms with van der Waals surface area (Å²) in [4.78, 5) is 14.6. The van der Waals surface area contributed by atoms with Gasteiger partial charge in [0.25, 0.3) is 0 Å². The molecule has 2 heterocycles. The van der Waals surface area contributed by atoms with Gasteiger partial charge in [-0.2, -0.15) is 0 Å². The number of carbonyl (C=O) groups excluding carboxylic acids is 1. The second-order valence-corrected chi connectivity index (χ2v) is 6.26. The summed E-state index contributed by atoms with van der Waals surface area (Å²) in [5.41, 5.74) is 0. The van der Waals surface area contributed by atoms with Crippen LogP contribution in [0.2, 0.25) is 0 Å². The number of amides is 1. The average Bonchev–Trinajstić information content (AvgIpc) is 2.64. The third kappa shape index (κ3) is 4.64. The maximum atomic E-state index is 12.4. The number of hydrogen-bond acceptors (Lipinski definition) is 2. The predicted molar refractivity (Wildman–Crippen MR) is 81.6 cm³/mol. The molecule has 2 fully saturated rings. The summed E-state index contributed by atoms with van der Waals surface area (Å²) in [6.45, 7) is 7.58. The van der Waals surface area contributed by atoms with Crippen LogP contribution in [-0.2, 0) is 4.79 Å². The van der Waals surface area contributed by atoms with Crippen molar-refractivity contribution in [1.29, 1.82) is 0 Å². The fourth-order valence-corrected chi connectivity index (χ4v) is 3.29. The summed E-state index contributed by atoms with van der Waals surface area (Å²) in [5, 5.41) is 3.38. The Balaban J connectivity index is 0.00000180. The zero-order valence-electron chi connectivity index (χ0n) is 12.4. The van der Waals surface area contributed by atoms with Crippen LogP contribution in [0.25, 0.3) is 0 Å². The van der Waals surface area contributed by atoms with Gasteiger partial charge in [0, 0.05) is 13.1 Å². The van der Waals surface area contributed by atoms with Crippen molar-refractivity contribution in [1.82, 2.24) is 10.2 Å². The lowest BCUT2D eigenvalue weighted by Gasteiger charge is -2.29. The smallest absolute Gasteiger partial charge is 0.239 e. The molecule has 4 heteroatoms. The molecule has 3 nitrogen and oxygen atoms in total. The van der Waals surface area contributed by atoms with Crippen molar-refractivity contribution in [3.63, 3.8) is 0 Å². The molecule has 19 heavy (non-hydrogen) atoms. The highest BCUT2D eigenvalue weighted by molar-refractivity contribution is 5.85. The van der Waals surface area contributed by atoms with Gasteiger partial charge in [0.15, 0.2) is 0 Å². The number of nitrogens with one attached hydrogen (secondary N) is 1. The summed E-state index contributed by atoms with van der Waals surface area (Å²) in [6, 6.07) is 0.106. The van der Waals surface area contributed by atoms with Crippen molar-refractivity contribution < 1.29 is 4.79 Å². The van der Waals surface area contributed by atoms with E-state index in [2.05, 4.69) is 24.1 Å². The molecular weight excluding hydrogens is 260 g/mol. The minimum absolute atomic E-state index is 0. The number of likely N-dealkylation sites (tertiary alicyclic amines) is 1. The van der Waals surface area contributed by atoms with Gasteiger partial charge in [-0.15, -0.1) is 12.4 Å². The molecule has 0 aromatic rings. The second kappa shape index (κ2) is 8.11. The fourth-order valence-electron chi connectivity index (χ4n) is 3.29. The quantitative estimate of drug-likeness (QED) is 0.847. The van der Waals surface area contributed by atoms with Gasteiger partial charge in [0.1, 0.15) is 0 Å². The van der Waals surface area contributed by atoms with E-state index < -0.39 is 0 Å². The van der Waals surface area contributed by atoms with Crippen molar-refractivity contribution in [2.45, 2.75) is 58.4 Å². The van der Waals surface area contributed by atoms with E-state index in [1.165, 1.54) is 32.1 Å². The Hall–Kier alpha value is -0.280. The van der Waals surface area contributed by atoms with E-state index in [0.717, 1.165) is 37.9 Å². The van der Waals surface area contributed by atoms with Crippen LogP contribution in [0.15, 0.2) is 0 Å². The normalized spacial score (nSPS) is 28.7. The lowest BCUT2D eigenvalue weighted by atomic mass is 9.89. The molecule has 112 valence electrons. The molecule has 1 N–H and O–H groups in total. The van der Waals surface area contributed by atoms with E-state index in [0.29, 0.717) is 5.91 Å². The standard InChI is InChI=1S/C15H28N2O.ClH/c1-12(2)13-6-5-10-17(11-8-13)15(18)14-7-3-4-9-16-14;/h12-14,16H,3-11H2,1-2H3;1H/t13?,14-;/m1./s1. The van der Waals surface area contributed by atoms with Gasteiger partial charge in [0.2, 0.25) is 5.91 Å². The van der Waals surface area contributed by atoms with Crippen molar-refractivity contribution >= 4 is 18.3 Å². The third-order valence-corrected chi connectivity index (χ3v) is 4.64. The van der Waals surface area contributed by atoms with Crippen molar-refractivity contribution in [3.8, 4) is 0 Å². The summed E-state index contributed by atoms with van der Waals surface area (Å²) in [7, 11) is 0. The van der Waals surface area contributed by atoms with Crippen LogP contribution in [0, 0.1) is 11.8 Å². The molecule has 2 atom stereocenters. The van der Waals surface area contributed by atoms with Crippen LogP contribution >= 0.6 is 12.4 Å². The van der Waals surface area contributed by atoms with E-state index >= 15 is 0 Å². The largest absolute Gasteiger partial charge is 0.341 e. The van der Waals surface area contributed by atoms with Gasteiger partial charge in [-0.25, -0.2) is 0 Å². The number of carbonyl (C=O) groups is 1. The highest BCUT2D eigenvalue weighted by Crippen LogP contribution is 2.25. The third-order valence-electron chi connectivity index (χ3n) is 4.64. The predicted octanol–water partition coefficient (Wildman–Crippen LogP) is 2.84. The van der Waals surface area contributed by atoms with Crippen molar-refractivity contribution in [2.75, 3.05) is 19.6 Å². The maximum absolute atomic E-state index is 12.4. The monoisotopic (exact) mass is 288 g/mol. The summed E-state index contributed by atoms with van der Waals surface area (Å²) in [6.07, 6.45) is 7.12. The lowest BCUT2D eigenvalue weighted by molar-refractivity contribution is -0.134.